The summed E-state index contributed by atoms with van der Waals surface area (Å²) in [6.07, 6.45) is 4.92. The van der Waals surface area contributed by atoms with E-state index in [9.17, 15) is 4.79 Å². The number of thiocarbonyl (C=S) groups is 1. The molecule has 0 aromatic carbocycles. The van der Waals surface area contributed by atoms with Crippen LogP contribution in [-0.2, 0) is 4.79 Å². The van der Waals surface area contributed by atoms with Crippen LogP contribution in [0.15, 0.2) is 0 Å². The number of rotatable bonds is 6. The van der Waals surface area contributed by atoms with Crippen LogP contribution in [-0.4, -0.2) is 16.9 Å². The molecule has 80 valence electrons. The van der Waals surface area contributed by atoms with E-state index in [0.29, 0.717) is 6.04 Å². The summed E-state index contributed by atoms with van der Waals surface area (Å²) < 4.78 is 0. The van der Waals surface area contributed by atoms with Gasteiger partial charge in [0.15, 0.2) is 0 Å². The fraction of sp³-hybridized carbons (Fsp3) is 0.800. The highest BCUT2D eigenvalue weighted by Gasteiger charge is 2.25. The van der Waals surface area contributed by atoms with E-state index in [4.69, 9.17) is 5.73 Å². The van der Waals surface area contributed by atoms with Gasteiger partial charge in [-0.3, -0.25) is 4.79 Å². The molecule has 0 aliphatic heterocycles. The van der Waals surface area contributed by atoms with Gasteiger partial charge in [0.25, 0.3) is 0 Å². The van der Waals surface area contributed by atoms with Gasteiger partial charge in [0.1, 0.15) is 0 Å². The number of nitrogens with one attached hydrogen (secondary N) is 1. The van der Waals surface area contributed by atoms with Crippen molar-refractivity contribution in [2.24, 2.45) is 11.7 Å². The van der Waals surface area contributed by atoms with Crippen LogP contribution >= 0.6 is 12.2 Å². The van der Waals surface area contributed by atoms with Crippen LogP contribution in [0.4, 0.5) is 0 Å². The summed E-state index contributed by atoms with van der Waals surface area (Å²) in [5.74, 6) is 0.801. The second kappa shape index (κ2) is 5.29. The van der Waals surface area contributed by atoms with Gasteiger partial charge >= 0.3 is 0 Å². The molecule has 0 spiro atoms. The van der Waals surface area contributed by atoms with Crippen molar-refractivity contribution in [2.45, 2.75) is 45.1 Å². The number of carbonyl (C=O) groups excluding carboxylic acids is 1. The lowest BCUT2D eigenvalue weighted by molar-refractivity contribution is -0.120. The van der Waals surface area contributed by atoms with Crippen LogP contribution in [0, 0.1) is 5.92 Å². The van der Waals surface area contributed by atoms with Crippen molar-refractivity contribution in [1.82, 2.24) is 5.32 Å². The molecule has 0 aromatic rings. The molecule has 0 aromatic heterocycles. The molecule has 4 heteroatoms. The lowest BCUT2D eigenvalue weighted by Crippen LogP contribution is -2.36. The number of nitrogens with two attached hydrogens (primary N) is 1. The Balaban J connectivity index is 2.23. The average Bonchev–Trinajstić information content (AvgIpc) is 2.85. The summed E-state index contributed by atoms with van der Waals surface area (Å²) in [6, 6.07) is 0.310. The first-order chi connectivity index (χ1) is 6.61. The molecule has 1 unspecified atom stereocenters. The minimum atomic E-state index is -0.0370. The fourth-order valence-electron chi connectivity index (χ4n) is 1.52. The Morgan fingerprint density at radius 3 is 2.71 bits per heavy atom. The number of hydrogen-bond acceptors (Lipinski definition) is 2. The Morgan fingerprint density at radius 2 is 2.29 bits per heavy atom. The van der Waals surface area contributed by atoms with Gasteiger partial charge < -0.3 is 11.1 Å². The second-order valence-corrected chi connectivity index (χ2v) is 4.52. The third-order valence-electron chi connectivity index (χ3n) is 2.51. The summed E-state index contributed by atoms with van der Waals surface area (Å²) in [7, 11) is 0. The molecular weight excluding hydrogens is 196 g/mol. The van der Waals surface area contributed by atoms with E-state index in [1.54, 1.807) is 0 Å². The van der Waals surface area contributed by atoms with Gasteiger partial charge in [0, 0.05) is 6.04 Å². The summed E-state index contributed by atoms with van der Waals surface area (Å²) in [4.78, 5) is 11.6. The largest absolute Gasteiger partial charge is 0.393 e. The van der Waals surface area contributed by atoms with E-state index in [1.807, 2.05) is 0 Å². The highest BCUT2D eigenvalue weighted by molar-refractivity contribution is 7.80. The predicted molar refractivity (Wildman–Crippen MR) is 61.0 cm³/mol. The van der Waals surface area contributed by atoms with Crippen molar-refractivity contribution in [1.29, 1.82) is 0 Å². The van der Waals surface area contributed by atoms with Crippen molar-refractivity contribution in [3.05, 3.63) is 0 Å². The van der Waals surface area contributed by atoms with Crippen molar-refractivity contribution in [2.75, 3.05) is 0 Å². The standard InChI is InChI=1S/C10H18N2OS/c1-2-8(5-7-3-4-7)12-10(13)6-9(11)14/h7-8H,2-6H2,1H3,(H2,11,14)(H,12,13). The first-order valence-corrected chi connectivity index (χ1v) is 5.60. The Labute approximate surface area is 90.4 Å². The average molecular weight is 214 g/mol. The molecule has 1 aliphatic carbocycles. The first kappa shape index (κ1) is 11.4. The Hall–Kier alpha value is -0.640. The SMILES string of the molecule is CCC(CC1CC1)NC(=O)CC(N)=S. The number of hydrogen-bond donors (Lipinski definition) is 2. The highest BCUT2D eigenvalue weighted by Crippen LogP contribution is 2.33. The molecule has 1 rings (SSSR count). The molecule has 1 saturated carbocycles. The van der Waals surface area contributed by atoms with Crippen molar-refractivity contribution < 1.29 is 4.79 Å². The molecule has 0 saturated heterocycles. The van der Waals surface area contributed by atoms with Crippen LogP contribution in [0.5, 0.6) is 0 Å². The molecule has 1 aliphatic rings. The first-order valence-electron chi connectivity index (χ1n) is 5.19. The minimum Gasteiger partial charge on any atom is -0.393 e. The zero-order valence-electron chi connectivity index (χ0n) is 8.58. The maximum Gasteiger partial charge on any atom is 0.227 e. The van der Waals surface area contributed by atoms with E-state index >= 15 is 0 Å². The molecule has 3 N–H and O–H groups in total. The number of carbonyl (C=O) groups is 1. The van der Waals surface area contributed by atoms with Gasteiger partial charge in [-0.2, -0.15) is 0 Å². The molecule has 14 heavy (non-hydrogen) atoms. The zero-order valence-corrected chi connectivity index (χ0v) is 9.40. The van der Waals surface area contributed by atoms with Crippen molar-refractivity contribution >= 4 is 23.1 Å². The van der Waals surface area contributed by atoms with Gasteiger partial charge in [0.05, 0.1) is 11.4 Å². The summed E-state index contributed by atoms with van der Waals surface area (Å²) in [5, 5.41) is 2.96. The molecule has 0 radical (unpaired) electrons. The van der Waals surface area contributed by atoms with Gasteiger partial charge in [-0.05, 0) is 18.8 Å². The van der Waals surface area contributed by atoms with Crippen LogP contribution in [0.2, 0.25) is 0 Å². The van der Waals surface area contributed by atoms with Gasteiger partial charge in [-0.15, -0.1) is 0 Å². The topological polar surface area (TPSA) is 55.1 Å². The van der Waals surface area contributed by atoms with E-state index in [-0.39, 0.29) is 17.3 Å². The Morgan fingerprint density at radius 1 is 1.64 bits per heavy atom. The van der Waals surface area contributed by atoms with Crippen LogP contribution in [0.3, 0.4) is 0 Å². The molecule has 1 amide bonds. The van der Waals surface area contributed by atoms with Gasteiger partial charge in [-0.1, -0.05) is 32.0 Å². The number of amides is 1. The highest BCUT2D eigenvalue weighted by atomic mass is 32.1. The quantitative estimate of drug-likeness (QED) is 0.656. The molecule has 0 heterocycles. The molecule has 3 nitrogen and oxygen atoms in total. The smallest absolute Gasteiger partial charge is 0.227 e. The Bertz CT molecular complexity index is 226. The molecule has 0 bridgehead atoms. The van der Waals surface area contributed by atoms with E-state index in [1.165, 1.54) is 12.8 Å². The predicted octanol–water partition coefficient (Wildman–Crippen LogP) is 1.36. The summed E-state index contributed by atoms with van der Waals surface area (Å²) >= 11 is 4.68. The third-order valence-corrected chi connectivity index (χ3v) is 2.65. The lowest BCUT2D eigenvalue weighted by Gasteiger charge is -2.16. The minimum absolute atomic E-state index is 0.0370. The van der Waals surface area contributed by atoms with Crippen molar-refractivity contribution in [3.8, 4) is 0 Å². The van der Waals surface area contributed by atoms with E-state index < -0.39 is 0 Å². The zero-order chi connectivity index (χ0) is 10.6. The normalized spacial score (nSPS) is 17.5. The maximum absolute atomic E-state index is 11.3. The van der Waals surface area contributed by atoms with Gasteiger partial charge in [0.2, 0.25) is 5.91 Å². The van der Waals surface area contributed by atoms with Crippen LogP contribution < -0.4 is 11.1 Å². The van der Waals surface area contributed by atoms with Crippen LogP contribution in [0.25, 0.3) is 0 Å². The summed E-state index contributed by atoms with van der Waals surface area (Å²) in [6.45, 7) is 2.09. The lowest BCUT2D eigenvalue weighted by atomic mass is 10.1. The monoisotopic (exact) mass is 214 g/mol. The molecular formula is C10H18N2OS. The fourth-order valence-corrected chi connectivity index (χ4v) is 1.65. The molecule has 1 fully saturated rings. The summed E-state index contributed by atoms with van der Waals surface area (Å²) in [5.41, 5.74) is 5.29. The van der Waals surface area contributed by atoms with E-state index in [2.05, 4.69) is 24.5 Å². The maximum atomic E-state index is 11.3. The van der Waals surface area contributed by atoms with E-state index in [0.717, 1.165) is 18.8 Å². The second-order valence-electron chi connectivity index (χ2n) is 3.99. The Kier molecular flexibility index (Phi) is 4.32. The van der Waals surface area contributed by atoms with Crippen molar-refractivity contribution in [3.63, 3.8) is 0 Å². The van der Waals surface area contributed by atoms with Crippen LogP contribution in [0.1, 0.15) is 39.0 Å². The third kappa shape index (κ3) is 4.56. The molecule has 1 atom stereocenters. The van der Waals surface area contributed by atoms with Gasteiger partial charge in [-0.25, -0.2) is 0 Å².